The van der Waals surface area contributed by atoms with Crippen LogP contribution >= 0.6 is 0 Å². The van der Waals surface area contributed by atoms with Crippen molar-refractivity contribution in [3.05, 3.63) is 42.0 Å². The number of benzene rings is 1. The Kier molecular flexibility index (Phi) is 3.03. The molecule has 2 unspecified atom stereocenters. The number of rotatable bonds is 2. The minimum Gasteiger partial charge on any atom is -0.507 e. The van der Waals surface area contributed by atoms with E-state index >= 15 is 0 Å². The molecule has 19 heavy (non-hydrogen) atoms. The highest BCUT2D eigenvalue weighted by molar-refractivity contribution is 6.06. The average molecular weight is 258 g/mol. The van der Waals surface area contributed by atoms with E-state index in [9.17, 15) is 10.3 Å². The van der Waals surface area contributed by atoms with Crippen molar-refractivity contribution < 1.29 is 10.3 Å². The molecule has 3 rings (SSSR count). The van der Waals surface area contributed by atoms with Gasteiger partial charge >= 0.3 is 0 Å². The van der Waals surface area contributed by atoms with Gasteiger partial charge < -0.3 is 10.3 Å². The number of phenolic OH excluding ortho intramolecular Hbond substituents is 1. The molecule has 0 aromatic heterocycles. The monoisotopic (exact) mass is 258 g/mol. The maximum Gasteiger partial charge on any atom is 0.125 e. The van der Waals surface area contributed by atoms with Gasteiger partial charge in [0.05, 0.1) is 5.71 Å². The van der Waals surface area contributed by atoms with Gasteiger partial charge in [0.2, 0.25) is 0 Å². The molecule has 0 radical (unpaired) electrons. The van der Waals surface area contributed by atoms with Crippen LogP contribution in [0.1, 0.15) is 23.5 Å². The van der Waals surface area contributed by atoms with Crippen molar-refractivity contribution in [3.63, 3.8) is 0 Å². The largest absolute Gasteiger partial charge is 0.507 e. The Bertz CT molecular complexity index is 539. The van der Waals surface area contributed by atoms with Gasteiger partial charge in [0.1, 0.15) is 5.75 Å². The van der Waals surface area contributed by atoms with Crippen molar-refractivity contribution in [1.29, 1.82) is 0 Å². The molecule has 4 nitrogen and oxygen atoms in total. The predicted octanol–water partition coefficient (Wildman–Crippen LogP) is 2.18. The lowest BCUT2D eigenvalue weighted by atomic mass is 9.72. The third kappa shape index (κ3) is 1.92. The summed E-state index contributed by atoms with van der Waals surface area (Å²) in [6.07, 6.45) is 2.89. The molecule has 2 aliphatic rings. The topological polar surface area (TPSA) is 56.1 Å². The van der Waals surface area contributed by atoms with Crippen LogP contribution in [-0.2, 0) is 0 Å². The quantitative estimate of drug-likeness (QED) is 0.485. The van der Waals surface area contributed by atoms with Crippen molar-refractivity contribution in [3.8, 4) is 5.75 Å². The molecule has 1 aromatic carbocycles. The number of fused-ring (bicyclic) bond motifs is 4. The highest BCUT2D eigenvalue weighted by Crippen LogP contribution is 2.42. The van der Waals surface area contributed by atoms with E-state index in [0.29, 0.717) is 11.6 Å². The fraction of sp³-hybridized carbons (Fsp3) is 0.400. The molecule has 2 atom stereocenters. The van der Waals surface area contributed by atoms with E-state index < -0.39 is 0 Å². The lowest BCUT2D eigenvalue weighted by Crippen LogP contribution is -2.45. The smallest absolute Gasteiger partial charge is 0.125 e. The number of nitrogens with zero attached hydrogens (tertiary/aromatic N) is 2. The molecule has 4 heteroatoms. The third-order valence-corrected chi connectivity index (χ3v) is 4.18. The van der Waals surface area contributed by atoms with Gasteiger partial charge in [-0.05, 0) is 24.0 Å². The van der Waals surface area contributed by atoms with Crippen LogP contribution in [0.3, 0.4) is 0 Å². The van der Waals surface area contributed by atoms with E-state index in [0.717, 1.165) is 37.2 Å². The number of piperidine rings is 1. The maximum atomic E-state index is 10.1. The lowest BCUT2D eigenvalue weighted by molar-refractivity contribution is 0.192. The highest BCUT2D eigenvalue weighted by atomic mass is 16.4. The molecule has 1 heterocycles. The maximum absolute atomic E-state index is 10.1. The number of likely N-dealkylation sites (tertiary alicyclic amines) is 1. The summed E-state index contributed by atoms with van der Waals surface area (Å²) in [5.41, 5.74) is 2.46. The van der Waals surface area contributed by atoms with E-state index in [-0.39, 0.29) is 11.7 Å². The molecule has 1 aliphatic heterocycles. The van der Waals surface area contributed by atoms with Gasteiger partial charge in [-0.15, -0.1) is 6.58 Å². The molecular formula is C15H18N2O2. The van der Waals surface area contributed by atoms with Crippen LogP contribution in [0.4, 0.5) is 0 Å². The molecule has 1 saturated heterocycles. The fourth-order valence-electron chi connectivity index (χ4n) is 3.46. The van der Waals surface area contributed by atoms with Crippen LogP contribution in [0.25, 0.3) is 0 Å². The molecule has 100 valence electrons. The first kappa shape index (κ1) is 12.2. The van der Waals surface area contributed by atoms with Crippen LogP contribution in [0.2, 0.25) is 0 Å². The average Bonchev–Trinajstić information content (AvgIpc) is 2.41. The molecule has 0 saturated carbocycles. The number of phenols is 1. The van der Waals surface area contributed by atoms with Crippen molar-refractivity contribution in [2.45, 2.75) is 12.3 Å². The SMILES string of the molecule is C=CCN1CC2CC(C1)c1cccc(O)c1C2=NO. The predicted molar refractivity (Wildman–Crippen MR) is 73.9 cm³/mol. The summed E-state index contributed by atoms with van der Waals surface area (Å²) in [6, 6.07) is 5.54. The van der Waals surface area contributed by atoms with Crippen LogP contribution in [0, 0.1) is 5.92 Å². The normalized spacial score (nSPS) is 28.1. The minimum absolute atomic E-state index is 0.185. The van der Waals surface area contributed by atoms with Crippen molar-refractivity contribution in [2.75, 3.05) is 19.6 Å². The zero-order valence-electron chi connectivity index (χ0n) is 10.8. The first-order valence-electron chi connectivity index (χ1n) is 6.62. The first-order valence-corrected chi connectivity index (χ1v) is 6.62. The summed E-state index contributed by atoms with van der Waals surface area (Å²) >= 11 is 0. The minimum atomic E-state index is 0.185. The third-order valence-electron chi connectivity index (χ3n) is 4.18. The van der Waals surface area contributed by atoms with E-state index in [1.165, 1.54) is 0 Å². The second-order valence-corrected chi connectivity index (χ2v) is 5.36. The van der Waals surface area contributed by atoms with Gasteiger partial charge in [0, 0.05) is 31.1 Å². The molecule has 1 aromatic rings. The molecule has 1 fully saturated rings. The number of hydrogen-bond donors (Lipinski definition) is 2. The first-order chi connectivity index (χ1) is 9.24. The second-order valence-electron chi connectivity index (χ2n) is 5.36. The summed E-state index contributed by atoms with van der Waals surface area (Å²) in [4.78, 5) is 2.32. The van der Waals surface area contributed by atoms with E-state index in [4.69, 9.17) is 0 Å². The molecule has 0 spiro atoms. The molecule has 2 bridgehead atoms. The zero-order chi connectivity index (χ0) is 13.4. The zero-order valence-corrected chi connectivity index (χ0v) is 10.8. The Hall–Kier alpha value is -1.81. The van der Waals surface area contributed by atoms with Crippen LogP contribution < -0.4 is 0 Å². The summed E-state index contributed by atoms with van der Waals surface area (Å²) in [7, 11) is 0. The van der Waals surface area contributed by atoms with Gasteiger partial charge in [0.15, 0.2) is 0 Å². The van der Waals surface area contributed by atoms with E-state index in [1.807, 2.05) is 18.2 Å². The molecule has 2 N–H and O–H groups in total. The highest BCUT2D eigenvalue weighted by Gasteiger charge is 2.39. The van der Waals surface area contributed by atoms with Crippen LogP contribution in [0.15, 0.2) is 36.0 Å². The van der Waals surface area contributed by atoms with Crippen LogP contribution in [-0.4, -0.2) is 40.6 Å². The fourth-order valence-corrected chi connectivity index (χ4v) is 3.46. The van der Waals surface area contributed by atoms with Crippen molar-refractivity contribution in [1.82, 2.24) is 4.90 Å². The standard InChI is InChI=1S/C15H18N2O2/c1-2-6-17-8-10-7-11(9-17)15(16-19)14-12(10)4-3-5-13(14)18/h2-5,10-11,18-19H,1,6-9H2. The van der Waals surface area contributed by atoms with Crippen molar-refractivity contribution in [2.24, 2.45) is 11.1 Å². The van der Waals surface area contributed by atoms with Gasteiger partial charge in [-0.2, -0.15) is 0 Å². The number of oxime groups is 1. The van der Waals surface area contributed by atoms with Crippen molar-refractivity contribution >= 4 is 5.71 Å². The molecule has 0 amide bonds. The van der Waals surface area contributed by atoms with E-state index in [1.54, 1.807) is 6.07 Å². The van der Waals surface area contributed by atoms with Gasteiger partial charge in [0.25, 0.3) is 0 Å². The van der Waals surface area contributed by atoms with Gasteiger partial charge in [-0.3, -0.25) is 4.90 Å². The molecular weight excluding hydrogens is 240 g/mol. The Labute approximate surface area is 112 Å². The Morgan fingerprint density at radius 2 is 2.16 bits per heavy atom. The van der Waals surface area contributed by atoms with Gasteiger partial charge in [-0.1, -0.05) is 23.4 Å². The summed E-state index contributed by atoms with van der Waals surface area (Å²) in [6.45, 7) is 6.46. The lowest BCUT2D eigenvalue weighted by Gasteiger charge is -2.42. The Morgan fingerprint density at radius 3 is 2.89 bits per heavy atom. The summed E-state index contributed by atoms with van der Waals surface area (Å²) in [5, 5.41) is 22.9. The Balaban J connectivity index is 2.07. The molecule has 1 aliphatic carbocycles. The van der Waals surface area contributed by atoms with Gasteiger partial charge in [-0.25, -0.2) is 0 Å². The Morgan fingerprint density at radius 1 is 1.37 bits per heavy atom. The number of aromatic hydroxyl groups is 1. The number of hydrogen-bond acceptors (Lipinski definition) is 4. The second kappa shape index (κ2) is 4.70. The van der Waals surface area contributed by atoms with Crippen LogP contribution in [0.5, 0.6) is 5.75 Å². The summed E-state index contributed by atoms with van der Waals surface area (Å²) in [5.74, 6) is 0.799. The summed E-state index contributed by atoms with van der Waals surface area (Å²) < 4.78 is 0. The van der Waals surface area contributed by atoms with E-state index in [2.05, 4.69) is 16.6 Å².